The van der Waals surface area contributed by atoms with Crippen LogP contribution in [0.3, 0.4) is 0 Å². The highest BCUT2D eigenvalue weighted by atomic mass is 32.2. The maximum atomic E-state index is 11.7. The molecule has 0 spiro atoms. The highest BCUT2D eigenvalue weighted by molar-refractivity contribution is 7.87. The highest BCUT2D eigenvalue weighted by Crippen LogP contribution is 2.24. The summed E-state index contributed by atoms with van der Waals surface area (Å²) >= 11 is 0. The summed E-state index contributed by atoms with van der Waals surface area (Å²) < 4.78 is 27.3. The molecule has 2 N–H and O–H groups in total. The average Bonchev–Trinajstić information content (AvgIpc) is 2.28. The minimum atomic E-state index is -3.41. The van der Waals surface area contributed by atoms with Gasteiger partial charge in [0.05, 0.1) is 5.92 Å². The van der Waals surface area contributed by atoms with Crippen LogP contribution in [-0.4, -0.2) is 43.4 Å². The Balaban J connectivity index is 2.48. The van der Waals surface area contributed by atoms with Crippen molar-refractivity contribution in [2.24, 2.45) is 5.92 Å². The van der Waals surface area contributed by atoms with Gasteiger partial charge in [0.2, 0.25) is 0 Å². The molecule has 0 aromatic rings. The summed E-state index contributed by atoms with van der Waals surface area (Å²) in [5, 5.41) is 8.84. The van der Waals surface area contributed by atoms with E-state index >= 15 is 0 Å². The SMILES string of the molecule is CCN(C)S(=O)(=O)NC1CCC(C(=O)O)CC1. The predicted octanol–water partition coefficient (Wildman–Crippen LogP) is 0.416. The molecule has 100 valence electrons. The van der Waals surface area contributed by atoms with Gasteiger partial charge in [0.25, 0.3) is 10.2 Å². The number of nitrogens with one attached hydrogen (secondary N) is 1. The third-order valence-corrected chi connectivity index (χ3v) is 4.96. The third-order valence-electron chi connectivity index (χ3n) is 3.25. The molecule has 0 atom stereocenters. The molecule has 1 rings (SSSR count). The first kappa shape index (κ1) is 14.4. The monoisotopic (exact) mass is 264 g/mol. The summed E-state index contributed by atoms with van der Waals surface area (Å²) in [5.41, 5.74) is 0. The lowest BCUT2D eigenvalue weighted by molar-refractivity contribution is -0.142. The number of rotatable bonds is 5. The largest absolute Gasteiger partial charge is 0.481 e. The second-order valence-corrected chi connectivity index (χ2v) is 6.23. The van der Waals surface area contributed by atoms with Gasteiger partial charge in [-0.2, -0.15) is 17.4 Å². The van der Waals surface area contributed by atoms with Gasteiger partial charge in [0.15, 0.2) is 0 Å². The van der Waals surface area contributed by atoms with Crippen molar-refractivity contribution in [2.75, 3.05) is 13.6 Å². The Morgan fingerprint density at radius 2 is 1.88 bits per heavy atom. The minimum absolute atomic E-state index is 0.135. The maximum absolute atomic E-state index is 11.7. The van der Waals surface area contributed by atoms with Crippen molar-refractivity contribution in [1.82, 2.24) is 9.03 Å². The standard InChI is InChI=1S/C10H20N2O4S/c1-3-12(2)17(15,16)11-9-6-4-8(5-7-9)10(13)14/h8-9,11H,3-7H2,1-2H3,(H,13,14). The number of hydrogen-bond donors (Lipinski definition) is 2. The number of carboxylic acids is 1. The Labute approximate surface area is 102 Å². The molecule has 7 heteroatoms. The Morgan fingerprint density at radius 1 is 1.35 bits per heavy atom. The second kappa shape index (κ2) is 5.79. The zero-order valence-electron chi connectivity index (χ0n) is 10.2. The fourth-order valence-electron chi connectivity index (χ4n) is 1.93. The lowest BCUT2D eigenvalue weighted by Crippen LogP contribution is -2.45. The van der Waals surface area contributed by atoms with E-state index in [9.17, 15) is 13.2 Å². The molecule has 0 aliphatic heterocycles. The van der Waals surface area contributed by atoms with Gasteiger partial charge in [-0.3, -0.25) is 4.79 Å². The Bertz CT molecular complexity index is 361. The minimum Gasteiger partial charge on any atom is -0.481 e. The van der Waals surface area contributed by atoms with Crippen molar-refractivity contribution < 1.29 is 18.3 Å². The van der Waals surface area contributed by atoms with E-state index in [4.69, 9.17) is 5.11 Å². The zero-order valence-corrected chi connectivity index (χ0v) is 11.0. The maximum Gasteiger partial charge on any atom is 0.306 e. The molecule has 0 unspecified atom stereocenters. The quantitative estimate of drug-likeness (QED) is 0.753. The van der Waals surface area contributed by atoms with Crippen molar-refractivity contribution >= 4 is 16.2 Å². The van der Waals surface area contributed by atoms with E-state index in [2.05, 4.69) is 4.72 Å². The molecule has 1 fully saturated rings. The second-order valence-electron chi connectivity index (χ2n) is 4.42. The van der Waals surface area contributed by atoms with Crippen molar-refractivity contribution in [3.05, 3.63) is 0 Å². The van der Waals surface area contributed by atoms with Crippen molar-refractivity contribution in [3.8, 4) is 0 Å². The van der Waals surface area contributed by atoms with E-state index in [0.29, 0.717) is 32.2 Å². The molecule has 1 saturated carbocycles. The van der Waals surface area contributed by atoms with Crippen LogP contribution in [0.4, 0.5) is 0 Å². The van der Waals surface area contributed by atoms with Crippen molar-refractivity contribution in [1.29, 1.82) is 0 Å². The molecule has 0 heterocycles. The molecular formula is C10H20N2O4S. The molecular weight excluding hydrogens is 244 g/mol. The highest BCUT2D eigenvalue weighted by Gasteiger charge is 2.29. The van der Waals surface area contributed by atoms with Gasteiger partial charge in [0, 0.05) is 19.6 Å². The van der Waals surface area contributed by atoms with Gasteiger partial charge in [0.1, 0.15) is 0 Å². The topological polar surface area (TPSA) is 86.7 Å². The fourth-order valence-corrected chi connectivity index (χ4v) is 3.11. The first-order valence-electron chi connectivity index (χ1n) is 5.83. The van der Waals surface area contributed by atoms with E-state index < -0.39 is 16.2 Å². The summed E-state index contributed by atoms with van der Waals surface area (Å²) in [5.74, 6) is -1.10. The van der Waals surface area contributed by atoms with E-state index in [-0.39, 0.29) is 12.0 Å². The first-order chi connectivity index (χ1) is 7.86. The first-order valence-corrected chi connectivity index (χ1v) is 7.27. The van der Waals surface area contributed by atoms with E-state index in [0.717, 1.165) is 0 Å². The number of aliphatic carboxylic acids is 1. The number of nitrogens with zero attached hydrogens (tertiary/aromatic N) is 1. The lowest BCUT2D eigenvalue weighted by Gasteiger charge is -2.28. The molecule has 1 aliphatic rings. The van der Waals surface area contributed by atoms with Gasteiger partial charge < -0.3 is 5.11 Å². The van der Waals surface area contributed by atoms with Crippen molar-refractivity contribution in [2.45, 2.75) is 38.6 Å². The predicted molar refractivity (Wildman–Crippen MR) is 63.7 cm³/mol. The molecule has 0 aromatic carbocycles. The third kappa shape index (κ3) is 3.93. The molecule has 0 saturated heterocycles. The van der Waals surface area contributed by atoms with Gasteiger partial charge in [-0.15, -0.1) is 0 Å². The normalized spacial score (nSPS) is 26.1. The number of carboxylic acid groups (broad SMARTS) is 1. The molecule has 0 aromatic heterocycles. The average molecular weight is 264 g/mol. The summed E-state index contributed by atoms with van der Waals surface area (Å²) in [7, 11) is -1.89. The van der Waals surface area contributed by atoms with Crippen LogP contribution in [0.1, 0.15) is 32.6 Å². The Kier molecular flexibility index (Phi) is 4.91. The summed E-state index contributed by atoms with van der Waals surface area (Å²) in [6.45, 7) is 2.18. The van der Waals surface area contributed by atoms with Crippen LogP contribution in [0.25, 0.3) is 0 Å². The lowest BCUT2D eigenvalue weighted by atomic mass is 9.87. The smallest absolute Gasteiger partial charge is 0.306 e. The van der Waals surface area contributed by atoms with Gasteiger partial charge in [-0.05, 0) is 25.7 Å². The molecule has 0 bridgehead atoms. The van der Waals surface area contributed by atoms with Crippen LogP contribution in [0.15, 0.2) is 0 Å². The molecule has 17 heavy (non-hydrogen) atoms. The van der Waals surface area contributed by atoms with Crippen LogP contribution in [-0.2, 0) is 15.0 Å². The van der Waals surface area contributed by atoms with Crippen LogP contribution >= 0.6 is 0 Å². The van der Waals surface area contributed by atoms with Gasteiger partial charge in [-0.25, -0.2) is 0 Å². The van der Waals surface area contributed by atoms with Crippen LogP contribution in [0.5, 0.6) is 0 Å². The van der Waals surface area contributed by atoms with Crippen molar-refractivity contribution in [3.63, 3.8) is 0 Å². The number of carbonyl (C=O) groups is 1. The Morgan fingerprint density at radius 3 is 2.29 bits per heavy atom. The zero-order chi connectivity index (χ0) is 13.1. The van der Waals surface area contributed by atoms with Crippen LogP contribution in [0.2, 0.25) is 0 Å². The van der Waals surface area contributed by atoms with E-state index in [1.165, 1.54) is 11.4 Å². The number of hydrogen-bond acceptors (Lipinski definition) is 3. The van der Waals surface area contributed by atoms with Gasteiger partial charge in [-0.1, -0.05) is 6.92 Å². The summed E-state index contributed by atoms with van der Waals surface area (Å²) in [6.07, 6.45) is 2.26. The summed E-state index contributed by atoms with van der Waals surface area (Å²) in [4.78, 5) is 10.8. The molecule has 0 radical (unpaired) electrons. The Hall–Kier alpha value is -0.660. The molecule has 0 amide bonds. The van der Waals surface area contributed by atoms with Gasteiger partial charge >= 0.3 is 5.97 Å². The van der Waals surface area contributed by atoms with Crippen LogP contribution in [0, 0.1) is 5.92 Å². The molecule has 1 aliphatic carbocycles. The fraction of sp³-hybridized carbons (Fsp3) is 0.900. The van der Waals surface area contributed by atoms with E-state index in [1.807, 2.05) is 0 Å². The summed E-state index contributed by atoms with van der Waals surface area (Å²) in [6, 6.07) is -0.135. The van der Waals surface area contributed by atoms with E-state index in [1.54, 1.807) is 6.92 Å². The molecule has 6 nitrogen and oxygen atoms in total. The van der Waals surface area contributed by atoms with Crippen LogP contribution < -0.4 is 4.72 Å².